The number of hydrogen-bond acceptors (Lipinski definition) is 12. The number of nitrogens with one attached hydrogen (secondary N) is 2. The van der Waals surface area contributed by atoms with Crippen molar-refractivity contribution in [3.05, 3.63) is 56.6 Å². The first kappa shape index (κ1) is 27.5. The summed E-state index contributed by atoms with van der Waals surface area (Å²) < 4.78 is 20.7. The standard InChI is InChI=1S/C24H28N2O8S2/c1-23(2)31-19(27)15(20(28)32-23)17(35-5)25-11-13-7-9-14(10-8-13)12-26-18(36-6)16-21(29)33-24(3,4)34-22(16)30/h7-10,25-26H,11-12H2,1-6H3. The van der Waals surface area contributed by atoms with E-state index in [4.69, 9.17) is 18.9 Å². The molecule has 0 bridgehead atoms. The molecule has 0 aromatic heterocycles. The van der Waals surface area contributed by atoms with E-state index < -0.39 is 35.5 Å². The van der Waals surface area contributed by atoms with Gasteiger partial charge in [0.1, 0.15) is 0 Å². The van der Waals surface area contributed by atoms with Crippen molar-refractivity contribution in [3.63, 3.8) is 0 Å². The van der Waals surface area contributed by atoms with Gasteiger partial charge in [-0.25, -0.2) is 19.2 Å². The molecule has 10 nitrogen and oxygen atoms in total. The molecule has 2 N–H and O–H groups in total. The highest BCUT2D eigenvalue weighted by Gasteiger charge is 2.42. The number of benzene rings is 1. The summed E-state index contributed by atoms with van der Waals surface area (Å²) in [4.78, 5) is 49.2. The molecule has 3 rings (SSSR count). The lowest BCUT2D eigenvalue weighted by molar-refractivity contribution is -0.224. The van der Waals surface area contributed by atoms with Crippen molar-refractivity contribution in [2.45, 2.75) is 52.4 Å². The maximum absolute atomic E-state index is 12.3. The molecule has 0 saturated carbocycles. The summed E-state index contributed by atoms with van der Waals surface area (Å²) in [7, 11) is 0. The summed E-state index contributed by atoms with van der Waals surface area (Å²) in [6.45, 7) is 6.68. The molecule has 2 heterocycles. The van der Waals surface area contributed by atoms with E-state index >= 15 is 0 Å². The molecule has 194 valence electrons. The zero-order chi connectivity index (χ0) is 26.7. The highest BCUT2D eigenvalue weighted by atomic mass is 32.2. The van der Waals surface area contributed by atoms with Gasteiger partial charge in [-0.2, -0.15) is 0 Å². The SMILES string of the molecule is CSC(NCc1ccc(CNC(SC)=C2C(=O)OC(C)(C)OC2=O)cc1)=C1C(=O)OC(C)(C)OC1=O. The molecule has 12 heteroatoms. The van der Waals surface area contributed by atoms with Crippen LogP contribution in [0.15, 0.2) is 45.5 Å². The van der Waals surface area contributed by atoms with E-state index in [1.165, 1.54) is 51.2 Å². The Morgan fingerprint density at radius 2 is 0.917 bits per heavy atom. The summed E-state index contributed by atoms with van der Waals surface area (Å²) in [5, 5.41) is 6.90. The minimum absolute atomic E-state index is 0.163. The molecule has 0 aliphatic carbocycles. The van der Waals surface area contributed by atoms with Gasteiger partial charge in [-0.15, -0.1) is 23.5 Å². The van der Waals surface area contributed by atoms with Crippen molar-refractivity contribution in [2.75, 3.05) is 12.5 Å². The Kier molecular flexibility index (Phi) is 8.29. The van der Waals surface area contributed by atoms with Crippen LogP contribution in [0.3, 0.4) is 0 Å². The van der Waals surface area contributed by atoms with E-state index in [9.17, 15) is 19.2 Å². The molecular formula is C24H28N2O8S2. The third kappa shape index (κ3) is 6.55. The number of cyclic esters (lactones) is 4. The van der Waals surface area contributed by atoms with Crippen molar-refractivity contribution in [1.82, 2.24) is 10.6 Å². The first-order valence-corrected chi connectivity index (χ1v) is 13.4. The average molecular weight is 537 g/mol. The van der Waals surface area contributed by atoms with Crippen molar-refractivity contribution < 1.29 is 38.1 Å². The third-order valence-electron chi connectivity index (χ3n) is 4.96. The molecule has 1 aromatic carbocycles. The second-order valence-electron chi connectivity index (χ2n) is 8.70. The minimum atomic E-state index is -1.30. The first-order chi connectivity index (χ1) is 16.9. The van der Waals surface area contributed by atoms with Crippen LogP contribution in [0.25, 0.3) is 0 Å². The van der Waals surface area contributed by atoms with Crippen LogP contribution in [-0.4, -0.2) is 48.0 Å². The maximum Gasteiger partial charge on any atom is 0.351 e. The van der Waals surface area contributed by atoms with Crippen LogP contribution in [0, 0.1) is 0 Å². The van der Waals surface area contributed by atoms with Gasteiger partial charge in [-0.05, 0) is 23.6 Å². The Morgan fingerprint density at radius 3 is 1.17 bits per heavy atom. The normalized spacial score (nSPS) is 18.5. The fraction of sp³-hybridized carbons (Fsp3) is 0.417. The van der Waals surface area contributed by atoms with Crippen LogP contribution >= 0.6 is 23.5 Å². The number of rotatable bonds is 8. The highest BCUT2D eigenvalue weighted by molar-refractivity contribution is 8.02. The number of hydrogen-bond donors (Lipinski definition) is 2. The number of carbonyl (C=O) groups is 4. The van der Waals surface area contributed by atoms with Crippen LogP contribution in [0.1, 0.15) is 38.8 Å². The molecular weight excluding hydrogens is 508 g/mol. The van der Waals surface area contributed by atoms with E-state index in [2.05, 4.69) is 10.6 Å². The van der Waals surface area contributed by atoms with Crippen LogP contribution in [0.5, 0.6) is 0 Å². The van der Waals surface area contributed by atoms with E-state index in [1.807, 2.05) is 24.3 Å². The fourth-order valence-electron chi connectivity index (χ4n) is 3.34. The molecule has 2 fully saturated rings. The summed E-state index contributed by atoms with van der Waals surface area (Å²) >= 11 is 2.42. The molecule has 2 saturated heterocycles. The lowest BCUT2D eigenvalue weighted by Gasteiger charge is -2.30. The summed E-state index contributed by atoms with van der Waals surface area (Å²) in [5.74, 6) is -5.54. The second-order valence-corrected chi connectivity index (χ2v) is 10.3. The summed E-state index contributed by atoms with van der Waals surface area (Å²) in [6.07, 6.45) is 3.47. The van der Waals surface area contributed by atoms with Gasteiger partial charge in [0.15, 0.2) is 11.1 Å². The van der Waals surface area contributed by atoms with E-state index in [0.717, 1.165) is 11.1 Å². The molecule has 2 aliphatic heterocycles. The smallest absolute Gasteiger partial charge is 0.351 e. The van der Waals surface area contributed by atoms with Crippen molar-refractivity contribution in [2.24, 2.45) is 0 Å². The lowest BCUT2D eigenvalue weighted by Crippen LogP contribution is -2.43. The average Bonchev–Trinajstić information content (AvgIpc) is 2.76. The Hall–Kier alpha value is -3.12. The number of ether oxygens (including phenoxy) is 4. The predicted molar refractivity (Wildman–Crippen MR) is 134 cm³/mol. The lowest BCUT2D eigenvalue weighted by atomic mass is 10.1. The second kappa shape index (κ2) is 10.9. The monoisotopic (exact) mass is 536 g/mol. The van der Waals surface area contributed by atoms with Crippen molar-refractivity contribution in [3.8, 4) is 0 Å². The largest absolute Gasteiger partial charge is 0.419 e. The van der Waals surface area contributed by atoms with Gasteiger partial charge in [0.2, 0.25) is 0 Å². The van der Waals surface area contributed by atoms with Crippen LogP contribution in [0.4, 0.5) is 0 Å². The predicted octanol–water partition coefficient (Wildman–Crippen LogP) is 2.69. The highest BCUT2D eigenvalue weighted by Crippen LogP contribution is 2.28. The molecule has 0 spiro atoms. The van der Waals surface area contributed by atoms with Crippen LogP contribution in [0.2, 0.25) is 0 Å². The van der Waals surface area contributed by atoms with Gasteiger partial charge in [0, 0.05) is 40.8 Å². The maximum atomic E-state index is 12.3. The number of esters is 4. The van der Waals surface area contributed by atoms with Gasteiger partial charge >= 0.3 is 23.9 Å². The van der Waals surface area contributed by atoms with Crippen LogP contribution in [-0.2, 0) is 51.2 Å². The summed E-state index contributed by atoms with van der Waals surface area (Å²) in [6, 6.07) is 7.52. The van der Waals surface area contributed by atoms with Gasteiger partial charge in [0.05, 0.1) is 10.1 Å². The van der Waals surface area contributed by atoms with Crippen LogP contribution < -0.4 is 10.6 Å². The Morgan fingerprint density at radius 1 is 0.639 bits per heavy atom. The molecule has 2 aliphatic rings. The van der Waals surface area contributed by atoms with Gasteiger partial charge in [0.25, 0.3) is 11.6 Å². The minimum Gasteiger partial charge on any atom is -0.419 e. The van der Waals surface area contributed by atoms with Gasteiger partial charge in [-0.3, -0.25) is 0 Å². The topological polar surface area (TPSA) is 129 Å². The molecule has 1 aromatic rings. The third-order valence-corrected chi connectivity index (χ3v) is 6.48. The van der Waals surface area contributed by atoms with Crippen molar-refractivity contribution in [1.29, 1.82) is 0 Å². The zero-order valence-electron chi connectivity index (χ0n) is 20.8. The van der Waals surface area contributed by atoms with Crippen molar-refractivity contribution >= 4 is 47.4 Å². The first-order valence-electron chi connectivity index (χ1n) is 10.9. The molecule has 36 heavy (non-hydrogen) atoms. The van der Waals surface area contributed by atoms with Gasteiger partial charge in [-0.1, -0.05) is 24.3 Å². The molecule has 0 atom stereocenters. The van der Waals surface area contributed by atoms with Gasteiger partial charge < -0.3 is 29.6 Å². The molecule has 0 radical (unpaired) electrons. The van der Waals surface area contributed by atoms with E-state index in [0.29, 0.717) is 23.1 Å². The van der Waals surface area contributed by atoms with E-state index in [1.54, 1.807) is 12.5 Å². The van der Waals surface area contributed by atoms with E-state index in [-0.39, 0.29) is 11.1 Å². The fourth-order valence-corrected chi connectivity index (χ4v) is 4.52. The quantitative estimate of drug-likeness (QED) is 0.288. The number of thioether (sulfide) groups is 2. The zero-order valence-corrected chi connectivity index (χ0v) is 22.4. The Labute approximate surface area is 217 Å². The molecule has 0 unspecified atom stereocenters. The number of carbonyl (C=O) groups excluding carboxylic acids is 4. The summed E-state index contributed by atoms with van der Waals surface area (Å²) in [5.41, 5.74) is 1.47. The Balaban J connectivity index is 1.64. The Bertz CT molecular complexity index is 1010. The molecule has 0 amide bonds.